The molecule has 1 amide bonds. The van der Waals surface area contributed by atoms with Crippen molar-refractivity contribution in [2.45, 2.75) is 39.8 Å². The first kappa shape index (κ1) is 18.7. The Morgan fingerprint density at radius 3 is 2.50 bits per heavy atom. The number of carbonyl (C=O) groups is 1. The first-order chi connectivity index (χ1) is 12.3. The summed E-state index contributed by atoms with van der Waals surface area (Å²) in [5.74, 6) is 0. The SMILES string of the molecule is CCO/N=C1\CN(Cc2ccccc2)CC12CN(C(=O)OC(C)(C)C)C2. The molecule has 6 heteroatoms. The number of likely N-dealkylation sites (tertiary alicyclic amines) is 2. The summed E-state index contributed by atoms with van der Waals surface area (Å²) in [5.41, 5.74) is 1.73. The number of hydrogen-bond donors (Lipinski definition) is 0. The number of hydrogen-bond acceptors (Lipinski definition) is 5. The first-order valence-corrected chi connectivity index (χ1v) is 9.25. The van der Waals surface area contributed by atoms with Crippen molar-refractivity contribution in [2.24, 2.45) is 10.6 Å². The Morgan fingerprint density at radius 2 is 1.88 bits per heavy atom. The Hall–Kier alpha value is -2.08. The maximum absolute atomic E-state index is 12.3. The van der Waals surface area contributed by atoms with Crippen molar-refractivity contribution in [1.29, 1.82) is 0 Å². The number of nitrogens with zero attached hydrogens (tertiary/aromatic N) is 3. The van der Waals surface area contributed by atoms with Crippen LogP contribution in [0.3, 0.4) is 0 Å². The van der Waals surface area contributed by atoms with Crippen molar-refractivity contribution in [3.8, 4) is 0 Å². The summed E-state index contributed by atoms with van der Waals surface area (Å²) < 4.78 is 5.49. The number of amides is 1. The van der Waals surface area contributed by atoms with Gasteiger partial charge in [0, 0.05) is 32.7 Å². The summed E-state index contributed by atoms with van der Waals surface area (Å²) in [5, 5.41) is 4.37. The third-order valence-corrected chi connectivity index (χ3v) is 4.70. The van der Waals surface area contributed by atoms with E-state index in [4.69, 9.17) is 9.57 Å². The van der Waals surface area contributed by atoms with Crippen molar-refractivity contribution in [2.75, 3.05) is 32.8 Å². The normalized spacial score (nSPS) is 21.1. The second-order valence-electron chi connectivity index (χ2n) is 8.20. The quantitative estimate of drug-likeness (QED) is 0.775. The minimum atomic E-state index is -0.475. The molecule has 6 nitrogen and oxygen atoms in total. The van der Waals surface area contributed by atoms with Gasteiger partial charge < -0.3 is 14.5 Å². The van der Waals surface area contributed by atoms with E-state index < -0.39 is 5.60 Å². The minimum Gasteiger partial charge on any atom is -0.444 e. The molecule has 0 atom stereocenters. The fourth-order valence-corrected chi connectivity index (χ4v) is 3.60. The van der Waals surface area contributed by atoms with E-state index in [1.165, 1.54) is 5.56 Å². The van der Waals surface area contributed by atoms with Crippen LogP contribution in [0, 0.1) is 5.41 Å². The summed E-state index contributed by atoms with van der Waals surface area (Å²) in [6.07, 6.45) is -0.250. The molecule has 0 aliphatic carbocycles. The Kier molecular flexibility index (Phi) is 5.23. The van der Waals surface area contributed by atoms with Gasteiger partial charge in [0.2, 0.25) is 0 Å². The minimum absolute atomic E-state index is 0.110. The van der Waals surface area contributed by atoms with Crippen LogP contribution in [0.5, 0.6) is 0 Å². The Balaban J connectivity index is 1.66. The van der Waals surface area contributed by atoms with Crippen molar-refractivity contribution < 1.29 is 14.4 Å². The fraction of sp³-hybridized carbons (Fsp3) is 0.600. The third kappa shape index (κ3) is 4.18. The molecule has 0 saturated carbocycles. The topological polar surface area (TPSA) is 54.4 Å². The van der Waals surface area contributed by atoms with Crippen molar-refractivity contribution in [3.05, 3.63) is 35.9 Å². The second kappa shape index (κ2) is 7.27. The summed E-state index contributed by atoms with van der Waals surface area (Å²) in [4.78, 5) is 21.8. The molecule has 0 N–H and O–H groups in total. The van der Waals surface area contributed by atoms with E-state index in [-0.39, 0.29) is 11.5 Å². The van der Waals surface area contributed by atoms with Crippen molar-refractivity contribution >= 4 is 11.8 Å². The largest absolute Gasteiger partial charge is 0.444 e. The van der Waals surface area contributed by atoms with Crippen LogP contribution >= 0.6 is 0 Å². The molecule has 0 unspecified atom stereocenters. The van der Waals surface area contributed by atoms with Gasteiger partial charge in [0.15, 0.2) is 0 Å². The first-order valence-electron chi connectivity index (χ1n) is 9.25. The summed E-state index contributed by atoms with van der Waals surface area (Å²) in [6.45, 7) is 12.0. The highest BCUT2D eigenvalue weighted by Gasteiger charge is 2.55. The van der Waals surface area contributed by atoms with Gasteiger partial charge in [-0.3, -0.25) is 4.90 Å². The monoisotopic (exact) mass is 359 g/mol. The van der Waals surface area contributed by atoms with Gasteiger partial charge in [-0.05, 0) is 33.3 Å². The van der Waals surface area contributed by atoms with E-state index in [1.807, 2.05) is 33.8 Å². The van der Waals surface area contributed by atoms with Crippen LogP contribution < -0.4 is 0 Å². The van der Waals surface area contributed by atoms with Gasteiger partial charge in [-0.1, -0.05) is 35.5 Å². The van der Waals surface area contributed by atoms with Crippen LogP contribution in [0.1, 0.15) is 33.3 Å². The lowest BCUT2D eigenvalue weighted by Crippen LogP contribution is -2.63. The van der Waals surface area contributed by atoms with Crippen molar-refractivity contribution in [1.82, 2.24) is 9.80 Å². The summed E-state index contributed by atoms with van der Waals surface area (Å²) >= 11 is 0. The molecule has 2 fully saturated rings. The van der Waals surface area contributed by atoms with Gasteiger partial charge in [0.05, 0.1) is 11.1 Å². The Morgan fingerprint density at radius 1 is 1.19 bits per heavy atom. The van der Waals surface area contributed by atoms with Gasteiger partial charge in [0.1, 0.15) is 12.2 Å². The predicted octanol–water partition coefficient (Wildman–Crippen LogP) is 3.13. The number of carbonyl (C=O) groups excluding carboxylic acids is 1. The molecule has 2 aliphatic heterocycles. The van der Waals surface area contributed by atoms with Crippen LogP contribution in [-0.4, -0.2) is 60.0 Å². The van der Waals surface area contributed by atoms with Crippen LogP contribution in [0.25, 0.3) is 0 Å². The fourth-order valence-electron chi connectivity index (χ4n) is 3.60. The zero-order valence-corrected chi connectivity index (χ0v) is 16.2. The molecule has 0 bridgehead atoms. The van der Waals surface area contributed by atoms with E-state index in [2.05, 4.69) is 34.3 Å². The number of ether oxygens (including phenoxy) is 1. The molecule has 2 saturated heterocycles. The average Bonchev–Trinajstić information content (AvgIpc) is 2.89. The zero-order chi connectivity index (χ0) is 18.8. The molecule has 1 spiro atoms. The van der Waals surface area contributed by atoms with Gasteiger partial charge in [0.25, 0.3) is 0 Å². The molecule has 2 aliphatic rings. The van der Waals surface area contributed by atoms with E-state index in [0.717, 1.165) is 25.3 Å². The molecule has 0 radical (unpaired) electrons. The Bertz CT molecular complexity index is 661. The van der Waals surface area contributed by atoms with E-state index in [0.29, 0.717) is 19.7 Å². The molecular formula is C20H29N3O3. The molecule has 2 heterocycles. The van der Waals surface area contributed by atoms with Crippen LogP contribution in [-0.2, 0) is 16.1 Å². The maximum atomic E-state index is 12.3. The lowest BCUT2D eigenvalue weighted by atomic mass is 9.78. The highest BCUT2D eigenvalue weighted by molar-refractivity contribution is 5.96. The molecule has 142 valence electrons. The number of benzene rings is 1. The third-order valence-electron chi connectivity index (χ3n) is 4.70. The van der Waals surface area contributed by atoms with E-state index in [9.17, 15) is 4.79 Å². The zero-order valence-electron chi connectivity index (χ0n) is 16.2. The van der Waals surface area contributed by atoms with Crippen molar-refractivity contribution in [3.63, 3.8) is 0 Å². The van der Waals surface area contributed by atoms with Gasteiger partial charge in [-0.15, -0.1) is 0 Å². The molecule has 1 aromatic carbocycles. The summed E-state index contributed by atoms with van der Waals surface area (Å²) in [6, 6.07) is 10.4. The standard InChI is InChI=1S/C20H29N3O3/c1-5-25-21-17-12-22(11-16-9-7-6-8-10-16)13-20(17)14-23(15-20)18(24)26-19(2,3)4/h6-10H,5,11-15H2,1-4H3/b21-17+. The lowest BCUT2D eigenvalue weighted by Gasteiger charge is -2.47. The second-order valence-corrected chi connectivity index (χ2v) is 8.20. The number of rotatable bonds is 4. The number of oxime groups is 1. The predicted molar refractivity (Wildman–Crippen MR) is 101 cm³/mol. The van der Waals surface area contributed by atoms with Gasteiger partial charge in [-0.2, -0.15) is 0 Å². The van der Waals surface area contributed by atoms with E-state index in [1.54, 1.807) is 4.90 Å². The van der Waals surface area contributed by atoms with Crippen LogP contribution in [0.2, 0.25) is 0 Å². The smallest absolute Gasteiger partial charge is 0.410 e. The molecule has 26 heavy (non-hydrogen) atoms. The Labute approximate surface area is 155 Å². The van der Waals surface area contributed by atoms with Gasteiger partial charge >= 0.3 is 6.09 Å². The van der Waals surface area contributed by atoms with Gasteiger partial charge in [-0.25, -0.2) is 4.79 Å². The molecule has 0 aromatic heterocycles. The summed E-state index contributed by atoms with van der Waals surface area (Å²) in [7, 11) is 0. The van der Waals surface area contributed by atoms with E-state index >= 15 is 0 Å². The highest BCUT2D eigenvalue weighted by Crippen LogP contribution is 2.39. The molecular weight excluding hydrogens is 330 g/mol. The van der Waals surface area contributed by atoms with Crippen LogP contribution in [0.15, 0.2) is 35.5 Å². The van der Waals surface area contributed by atoms with Crippen LogP contribution in [0.4, 0.5) is 4.79 Å². The molecule has 3 rings (SSSR count). The average molecular weight is 359 g/mol. The maximum Gasteiger partial charge on any atom is 0.410 e. The lowest BCUT2D eigenvalue weighted by molar-refractivity contribution is -0.0155. The molecule has 1 aromatic rings. The highest BCUT2D eigenvalue weighted by atomic mass is 16.6.